The predicted octanol–water partition coefficient (Wildman–Crippen LogP) is 4.80. The van der Waals surface area contributed by atoms with Gasteiger partial charge in [0.25, 0.3) is 5.56 Å². The molecule has 6 heterocycles. The van der Waals surface area contributed by atoms with E-state index in [1.807, 2.05) is 24.8 Å². The van der Waals surface area contributed by atoms with Crippen LogP contribution in [0.4, 0.5) is 11.6 Å². The van der Waals surface area contributed by atoms with Crippen molar-refractivity contribution in [3.63, 3.8) is 0 Å². The molecule has 5 aromatic rings. The Morgan fingerprint density at radius 2 is 2.07 bits per heavy atom. The van der Waals surface area contributed by atoms with Crippen molar-refractivity contribution in [2.75, 3.05) is 44.3 Å². The topological polar surface area (TPSA) is 114 Å². The zero-order valence-corrected chi connectivity index (χ0v) is 25.2. The zero-order chi connectivity index (χ0) is 28.6. The normalized spacial score (nSPS) is 19.5. The van der Waals surface area contributed by atoms with E-state index in [0.717, 1.165) is 65.8 Å². The lowest BCUT2D eigenvalue weighted by molar-refractivity contribution is 0.347. The van der Waals surface area contributed by atoms with Crippen LogP contribution < -0.4 is 16.2 Å². The number of aryl methyl sites for hydroxylation is 1. The van der Waals surface area contributed by atoms with Crippen LogP contribution in [0.25, 0.3) is 22.3 Å². The van der Waals surface area contributed by atoms with Gasteiger partial charge in [-0.05, 0) is 50.7 Å². The number of hydrogen-bond donors (Lipinski definition) is 2. The molecule has 2 aliphatic heterocycles. The third-order valence-corrected chi connectivity index (χ3v) is 10.0. The molecule has 42 heavy (non-hydrogen) atoms. The SMILES string of the molecule is Cc1scnc1-c1cc2cnc(Nc3ccc(C4CN(C)CCS4)cc3)nc2n(Cc2ncoc2C2CCNC2)c1=O. The van der Waals surface area contributed by atoms with Crippen LogP contribution in [0.1, 0.15) is 39.5 Å². The summed E-state index contributed by atoms with van der Waals surface area (Å²) in [6, 6.07) is 10.3. The third-order valence-electron chi connectivity index (χ3n) is 8.05. The molecule has 2 saturated heterocycles. The lowest BCUT2D eigenvalue weighted by Gasteiger charge is -2.29. The minimum absolute atomic E-state index is 0.168. The molecule has 2 unspecified atom stereocenters. The molecule has 2 atom stereocenters. The molecule has 4 aromatic heterocycles. The smallest absolute Gasteiger partial charge is 0.262 e. The van der Waals surface area contributed by atoms with E-state index in [-0.39, 0.29) is 18.0 Å². The van der Waals surface area contributed by atoms with Crippen LogP contribution in [0.15, 0.2) is 57.6 Å². The van der Waals surface area contributed by atoms with Crippen LogP contribution in [0.3, 0.4) is 0 Å². The summed E-state index contributed by atoms with van der Waals surface area (Å²) in [6.07, 6.45) is 4.21. The summed E-state index contributed by atoms with van der Waals surface area (Å²) in [6.45, 7) is 6.17. The average Bonchev–Trinajstić information content (AvgIpc) is 3.78. The van der Waals surface area contributed by atoms with E-state index in [4.69, 9.17) is 9.40 Å². The number of fused-ring (bicyclic) bond motifs is 1. The maximum atomic E-state index is 14.0. The van der Waals surface area contributed by atoms with Crippen LogP contribution in [0.5, 0.6) is 0 Å². The fourth-order valence-corrected chi connectivity index (χ4v) is 7.75. The summed E-state index contributed by atoms with van der Waals surface area (Å²) < 4.78 is 7.51. The Labute approximate surface area is 251 Å². The number of benzene rings is 1. The summed E-state index contributed by atoms with van der Waals surface area (Å²) in [5.41, 5.74) is 6.30. The largest absolute Gasteiger partial charge is 0.448 e. The van der Waals surface area contributed by atoms with Gasteiger partial charge in [0.05, 0.1) is 23.3 Å². The van der Waals surface area contributed by atoms with Gasteiger partial charge in [0.1, 0.15) is 17.1 Å². The third kappa shape index (κ3) is 5.35. The van der Waals surface area contributed by atoms with Gasteiger partial charge in [0, 0.05) is 58.7 Å². The number of thioether (sulfide) groups is 1. The first kappa shape index (κ1) is 27.3. The highest BCUT2D eigenvalue weighted by Gasteiger charge is 2.25. The van der Waals surface area contributed by atoms with Crippen molar-refractivity contribution < 1.29 is 4.42 Å². The van der Waals surface area contributed by atoms with E-state index in [1.54, 1.807) is 16.3 Å². The number of hydrogen-bond acceptors (Lipinski definition) is 11. The van der Waals surface area contributed by atoms with E-state index in [0.29, 0.717) is 28.1 Å². The van der Waals surface area contributed by atoms with Crippen molar-refractivity contribution in [1.82, 2.24) is 34.7 Å². The van der Waals surface area contributed by atoms with Crippen molar-refractivity contribution in [3.8, 4) is 11.3 Å². The fraction of sp³-hybridized carbons (Fsp3) is 0.367. The Hall–Kier alpha value is -3.58. The molecule has 10 nitrogen and oxygen atoms in total. The molecule has 2 fully saturated rings. The number of aromatic nitrogens is 5. The maximum Gasteiger partial charge on any atom is 0.262 e. The highest BCUT2D eigenvalue weighted by atomic mass is 32.2. The minimum atomic E-state index is -0.168. The maximum absolute atomic E-state index is 14.0. The molecule has 0 spiro atoms. The standard InChI is InChI=1S/C30H32N8O2S2/c1-18-26(34-17-42-18)23-11-21-13-32-30(35-22-5-3-19(4-6-22)25-15-37(2)9-10-41-25)36-28(21)38(29(23)39)14-24-27(40-16-33-24)20-7-8-31-12-20/h3-6,11,13,16-17,20,25,31H,7-10,12,14-15H2,1-2H3,(H,32,35,36). The fourth-order valence-electron chi connectivity index (χ4n) is 5.75. The molecule has 0 bridgehead atoms. The van der Waals surface area contributed by atoms with Gasteiger partial charge >= 0.3 is 0 Å². The zero-order valence-electron chi connectivity index (χ0n) is 23.5. The second kappa shape index (κ2) is 11.6. The van der Waals surface area contributed by atoms with Gasteiger partial charge in [0.2, 0.25) is 5.95 Å². The van der Waals surface area contributed by atoms with E-state index in [1.165, 1.54) is 23.3 Å². The van der Waals surface area contributed by atoms with Gasteiger partial charge in [-0.1, -0.05) is 12.1 Å². The Morgan fingerprint density at radius 1 is 1.19 bits per heavy atom. The number of thiazole rings is 1. The van der Waals surface area contributed by atoms with Crippen molar-refractivity contribution in [3.05, 3.63) is 80.7 Å². The summed E-state index contributed by atoms with van der Waals surface area (Å²) in [4.78, 5) is 35.9. The molecule has 0 radical (unpaired) electrons. The molecule has 2 N–H and O–H groups in total. The second-order valence-corrected chi connectivity index (χ2v) is 13.3. The molecular weight excluding hydrogens is 569 g/mol. The van der Waals surface area contributed by atoms with Gasteiger partial charge in [-0.25, -0.2) is 15.0 Å². The molecule has 2 aliphatic rings. The summed E-state index contributed by atoms with van der Waals surface area (Å²) in [7, 11) is 2.18. The van der Waals surface area contributed by atoms with Gasteiger partial charge in [-0.3, -0.25) is 9.36 Å². The predicted molar refractivity (Wildman–Crippen MR) is 168 cm³/mol. The molecule has 216 valence electrons. The Morgan fingerprint density at radius 3 is 2.83 bits per heavy atom. The van der Waals surface area contributed by atoms with Gasteiger partial charge in [-0.15, -0.1) is 11.3 Å². The number of anilines is 2. The number of nitrogens with zero attached hydrogens (tertiary/aromatic N) is 6. The summed E-state index contributed by atoms with van der Waals surface area (Å²) in [5, 5.41) is 7.95. The Balaban J connectivity index is 1.25. The van der Waals surface area contributed by atoms with Crippen LogP contribution in [0, 0.1) is 6.92 Å². The van der Waals surface area contributed by atoms with E-state index >= 15 is 0 Å². The van der Waals surface area contributed by atoms with Crippen molar-refractivity contribution in [1.29, 1.82) is 0 Å². The molecule has 12 heteroatoms. The first-order valence-electron chi connectivity index (χ1n) is 14.1. The van der Waals surface area contributed by atoms with Crippen LogP contribution in [-0.2, 0) is 6.54 Å². The summed E-state index contributed by atoms with van der Waals surface area (Å²) >= 11 is 3.53. The number of pyridine rings is 1. The Bertz CT molecular complexity index is 1770. The Kier molecular flexibility index (Phi) is 7.53. The first-order valence-corrected chi connectivity index (χ1v) is 16.1. The molecule has 0 amide bonds. The number of likely N-dealkylation sites (N-methyl/N-ethyl adjacent to an activating group) is 1. The average molecular weight is 601 g/mol. The van der Waals surface area contributed by atoms with Crippen molar-refractivity contribution in [2.45, 2.75) is 31.1 Å². The van der Waals surface area contributed by atoms with Gasteiger partial charge in [-0.2, -0.15) is 16.7 Å². The minimum Gasteiger partial charge on any atom is -0.448 e. The van der Waals surface area contributed by atoms with Crippen molar-refractivity contribution in [2.24, 2.45) is 0 Å². The highest BCUT2D eigenvalue weighted by molar-refractivity contribution is 7.99. The summed E-state index contributed by atoms with van der Waals surface area (Å²) in [5.74, 6) is 2.62. The molecule has 0 saturated carbocycles. The molecular formula is C30H32N8O2S2. The second-order valence-electron chi connectivity index (χ2n) is 10.9. The van der Waals surface area contributed by atoms with E-state index in [2.05, 4.69) is 61.8 Å². The lowest BCUT2D eigenvalue weighted by atomic mass is 10.0. The molecule has 1 aromatic carbocycles. The molecule has 0 aliphatic carbocycles. The van der Waals surface area contributed by atoms with Crippen LogP contribution in [0.2, 0.25) is 0 Å². The monoisotopic (exact) mass is 600 g/mol. The number of oxazole rings is 1. The first-order chi connectivity index (χ1) is 20.5. The molecule has 7 rings (SSSR count). The van der Waals surface area contributed by atoms with Crippen LogP contribution >= 0.6 is 23.1 Å². The van der Waals surface area contributed by atoms with Gasteiger partial charge < -0.3 is 20.0 Å². The van der Waals surface area contributed by atoms with Crippen molar-refractivity contribution >= 4 is 45.8 Å². The van der Waals surface area contributed by atoms with Crippen LogP contribution in [-0.4, -0.2) is 68.4 Å². The highest BCUT2D eigenvalue weighted by Crippen LogP contribution is 2.33. The van der Waals surface area contributed by atoms with E-state index < -0.39 is 0 Å². The quantitative estimate of drug-likeness (QED) is 0.270. The van der Waals surface area contributed by atoms with Gasteiger partial charge in [0.15, 0.2) is 6.39 Å². The van der Waals surface area contributed by atoms with E-state index in [9.17, 15) is 4.79 Å². The number of rotatable bonds is 7. The lowest BCUT2D eigenvalue weighted by Crippen LogP contribution is -2.30. The number of nitrogens with one attached hydrogen (secondary N) is 2.